The van der Waals surface area contributed by atoms with Gasteiger partial charge < -0.3 is 15.5 Å². The number of para-hydroxylation sites is 1. The number of nitrogens with zero attached hydrogens (tertiary/aromatic N) is 1. The molecule has 1 heterocycles. The van der Waals surface area contributed by atoms with Gasteiger partial charge in [-0.15, -0.1) is 0 Å². The van der Waals surface area contributed by atoms with E-state index in [4.69, 9.17) is 0 Å². The first-order chi connectivity index (χ1) is 12.9. The van der Waals surface area contributed by atoms with Gasteiger partial charge >= 0.3 is 6.03 Å². The molecule has 3 rings (SSSR count). The molecule has 1 aliphatic rings. The smallest absolute Gasteiger partial charge is 0.321 e. The molecule has 3 amide bonds. The number of hydrogen-bond donors (Lipinski definition) is 2. The molecule has 1 atom stereocenters. The lowest BCUT2D eigenvalue weighted by Crippen LogP contribution is -2.45. The third kappa shape index (κ3) is 4.94. The van der Waals surface area contributed by atoms with Crippen LogP contribution >= 0.6 is 22.6 Å². The van der Waals surface area contributed by atoms with Gasteiger partial charge in [0.15, 0.2) is 0 Å². The van der Waals surface area contributed by atoms with Crippen LogP contribution in [-0.4, -0.2) is 29.9 Å². The zero-order valence-electron chi connectivity index (χ0n) is 14.3. The first-order valence-electron chi connectivity index (χ1n) is 8.50. The second-order valence-corrected chi connectivity index (χ2v) is 7.40. The summed E-state index contributed by atoms with van der Waals surface area (Å²) in [5.74, 6) is -2.24. The van der Waals surface area contributed by atoms with Crippen molar-refractivity contribution in [2.45, 2.75) is 12.8 Å². The molecule has 2 aromatic rings. The van der Waals surface area contributed by atoms with Crippen molar-refractivity contribution < 1.29 is 18.4 Å². The molecular weight excluding hydrogens is 467 g/mol. The molecular formula is C19H18F2IN3O2. The lowest BCUT2D eigenvalue weighted by Gasteiger charge is -2.32. The van der Waals surface area contributed by atoms with Crippen molar-refractivity contribution >= 4 is 45.9 Å². The second kappa shape index (κ2) is 8.64. The fraction of sp³-hybridized carbons (Fsp3) is 0.263. The van der Waals surface area contributed by atoms with Crippen LogP contribution in [-0.2, 0) is 4.79 Å². The maximum Gasteiger partial charge on any atom is 0.321 e. The Hall–Kier alpha value is -2.23. The van der Waals surface area contributed by atoms with E-state index in [9.17, 15) is 18.4 Å². The maximum atomic E-state index is 13.6. The molecule has 0 bridgehead atoms. The first kappa shape index (κ1) is 19.5. The molecule has 142 valence electrons. The SMILES string of the molecule is O=C(Nc1cc(F)c(I)c(F)c1)C1CCCN(C(=O)Nc2ccccc2)C1. The minimum Gasteiger partial charge on any atom is -0.326 e. The summed E-state index contributed by atoms with van der Waals surface area (Å²) in [4.78, 5) is 26.5. The maximum absolute atomic E-state index is 13.6. The van der Waals surface area contributed by atoms with Crippen LogP contribution in [0.1, 0.15) is 12.8 Å². The highest BCUT2D eigenvalue weighted by atomic mass is 127. The van der Waals surface area contributed by atoms with Crippen molar-refractivity contribution in [3.63, 3.8) is 0 Å². The Morgan fingerprint density at radius 3 is 2.37 bits per heavy atom. The molecule has 0 aromatic heterocycles. The van der Waals surface area contributed by atoms with Gasteiger partial charge in [-0.3, -0.25) is 4.79 Å². The molecule has 1 unspecified atom stereocenters. The van der Waals surface area contributed by atoms with Crippen LogP contribution in [0.2, 0.25) is 0 Å². The minimum absolute atomic E-state index is 0.0706. The molecule has 8 heteroatoms. The van der Waals surface area contributed by atoms with Gasteiger partial charge in [0.2, 0.25) is 5.91 Å². The van der Waals surface area contributed by atoms with Crippen molar-refractivity contribution in [1.82, 2.24) is 4.90 Å². The summed E-state index contributed by atoms with van der Waals surface area (Å²) in [6.07, 6.45) is 1.28. The van der Waals surface area contributed by atoms with Crippen molar-refractivity contribution in [2.24, 2.45) is 5.92 Å². The molecule has 0 spiro atoms. The van der Waals surface area contributed by atoms with Crippen LogP contribution in [0.3, 0.4) is 0 Å². The first-order valence-corrected chi connectivity index (χ1v) is 9.58. The lowest BCUT2D eigenvalue weighted by molar-refractivity contribution is -0.121. The van der Waals surface area contributed by atoms with Gasteiger partial charge in [0.25, 0.3) is 0 Å². The molecule has 0 saturated carbocycles. The van der Waals surface area contributed by atoms with E-state index in [0.29, 0.717) is 25.1 Å². The fourth-order valence-electron chi connectivity index (χ4n) is 2.97. The van der Waals surface area contributed by atoms with Gasteiger partial charge in [-0.05, 0) is 59.7 Å². The lowest BCUT2D eigenvalue weighted by atomic mass is 9.97. The number of halogens is 3. The minimum atomic E-state index is -0.724. The zero-order valence-corrected chi connectivity index (χ0v) is 16.5. The van der Waals surface area contributed by atoms with E-state index in [2.05, 4.69) is 10.6 Å². The van der Waals surface area contributed by atoms with Crippen molar-refractivity contribution in [3.8, 4) is 0 Å². The van der Waals surface area contributed by atoms with E-state index in [1.807, 2.05) is 18.2 Å². The topological polar surface area (TPSA) is 61.4 Å². The van der Waals surface area contributed by atoms with Gasteiger partial charge in [-0.25, -0.2) is 13.6 Å². The number of nitrogens with one attached hydrogen (secondary N) is 2. The summed E-state index contributed by atoms with van der Waals surface area (Å²) in [6, 6.07) is 11.0. The van der Waals surface area contributed by atoms with Gasteiger partial charge in [0.1, 0.15) is 11.6 Å². The Bertz CT molecular complexity index is 825. The summed E-state index contributed by atoms with van der Waals surface area (Å²) in [7, 11) is 0. The van der Waals surface area contributed by atoms with Crippen LogP contribution < -0.4 is 10.6 Å². The van der Waals surface area contributed by atoms with Crippen LogP contribution in [0.15, 0.2) is 42.5 Å². The number of piperidine rings is 1. The standard InChI is InChI=1S/C19H18F2IN3O2/c20-15-9-14(10-16(21)17(15)22)23-18(26)12-5-4-8-25(11-12)19(27)24-13-6-2-1-3-7-13/h1-3,6-7,9-10,12H,4-5,8,11H2,(H,23,26)(H,24,27). The van der Waals surface area contributed by atoms with Crippen molar-refractivity contribution in [2.75, 3.05) is 23.7 Å². The molecule has 1 saturated heterocycles. The molecule has 0 aliphatic carbocycles. The van der Waals surface area contributed by atoms with Gasteiger partial charge in [0, 0.05) is 24.5 Å². The Morgan fingerprint density at radius 1 is 1.04 bits per heavy atom. The van der Waals surface area contributed by atoms with Crippen LogP contribution in [0, 0.1) is 21.1 Å². The second-order valence-electron chi connectivity index (χ2n) is 6.32. The van der Waals surface area contributed by atoms with Crippen LogP contribution in [0.4, 0.5) is 25.0 Å². The number of anilines is 2. The van der Waals surface area contributed by atoms with E-state index >= 15 is 0 Å². The monoisotopic (exact) mass is 485 g/mol. The largest absolute Gasteiger partial charge is 0.326 e. The van der Waals surface area contributed by atoms with E-state index < -0.39 is 17.6 Å². The van der Waals surface area contributed by atoms with E-state index in [1.165, 1.54) is 0 Å². The molecule has 2 aromatic carbocycles. The summed E-state index contributed by atoms with van der Waals surface area (Å²) in [6.45, 7) is 0.801. The van der Waals surface area contributed by atoms with Gasteiger partial charge in [-0.2, -0.15) is 0 Å². The third-order valence-electron chi connectivity index (χ3n) is 4.36. The van der Waals surface area contributed by atoms with E-state index in [0.717, 1.165) is 12.1 Å². The highest BCUT2D eigenvalue weighted by Gasteiger charge is 2.28. The molecule has 2 N–H and O–H groups in total. The highest BCUT2D eigenvalue weighted by molar-refractivity contribution is 14.1. The van der Waals surface area contributed by atoms with E-state index in [-0.39, 0.29) is 27.7 Å². The number of hydrogen-bond acceptors (Lipinski definition) is 2. The summed E-state index contributed by atoms with van der Waals surface area (Å²) in [5.41, 5.74) is 0.750. The highest BCUT2D eigenvalue weighted by Crippen LogP contribution is 2.23. The Labute approximate surface area is 169 Å². The average Bonchev–Trinajstić information content (AvgIpc) is 2.67. The van der Waals surface area contributed by atoms with Crippen LogP contribution in [0.5, 0.6) is 0 Å². The van der Waals surface area contributed by atoms with E-state index in [1.54, 1.807) is 39.6 Å². The molecule has 5 nitrogen and oxygen atoms in total. The van der Waals surface area contributed by atoms with Crippen molar-refractivity contribution in [1.29, 1.82) is 0 Å². The average molecular weight is 485 g/mol. The number of rotatable bonds is 3. The third-order valence-corrected chi connectivity index (χ3v) is 5.39. The van der Waals surface area contributed by atoms with Crippen molar-refractivity contribution in [3.05, 3.63) is 57.7 Å². The number of likely N-dealkylation sites (tertiary alicyclic amines) is 1. The number of amides is 3. The summed E-state index contributed by atoms with van der Waals surface area (Å²) in [5, 5.41) is 5.35. The summed E-state index contributed by atoms with van der Waals surface area (Å²) < 4.78 is 27.2. The Kier molecular flexibility index (Phi) is 6.25. The molecule has 27 heavy (non-hydrogen) atoms. The van der Waals surface area contributed by atoms with Gasteiger partial charge in [-0.1, -0.05) is 18.2 Å². The predicted molar refractivity (Wildman–Crippen MR) is 107 cm³/mol. The predicted octanol–water partition coefficient (Wildman–Crippen LogP) is 4.45. The zero-order chi connectivity index (χ0) is 19.4. The molecule has 1 fully saturated rings. The van der Waals surface area contributed by atoms with Gasteiger partial charge in [0.05, 0.1) is 9.49 Å². The molecule has 1 aliphatic heterocycles. The summed E-state index contributed by atoms with van der Waals surface area (Å²) >= 11 is 1.57. The normalized spacial score (nSPS) is 16.7. The Balaban J connectivity index is 1.62. The quantitative estimate of drug-likeness (QED) is 0.499. The fourth-order valence-corrected chi connectivity index (χ4v) is 3.28. The number of urea groups is 1. The number of benzene rings is 2. The number of carbonyl (C=O) groups is 2. The van der Waals surface area contributed by atoms with Crippen LogP contribution in [0.25, 0.3) is 0 Å². The molecule has 0 radical (unpaired) electrons. The number of carbonyl (C=O) groups excluding carboxylic acids is 2. The Morgan fingerprint density at radius 2 is 1.70 bits per heavy atom.